The van der Waals surface area contributed by atoms with E-state index in [2.05, 4.69) is 10.9 Å². The summed E-state index contributed by atoms with van der Waals surface area (Å²) in [6, 6.07) is 15.3. The van der Waals surface area contributed by atoms with E-state index in [1.54, 1.807) is 41.8 Å². The van der Waals surface area contributed by atoms with Crippen LogP contribution in [0.5, 0.6) is 5.75 Å². The summed E-state index contributed by atoms with van der Waals surface area (Å²) < 4.78 is 31.9. The maximum atomic E-state index is 12.6. The number of carbonyl (C=O) groups excluding carboxylic acids is 1. The topological polar surface area (TPSA) is 131 Å². The SMILES string of the molecule is CN(c1ccc(OCC(=O)NNc2ccccc2[N+](=O)[O-])cc1)S(=O)(=O)c1cccs1. The summed E-state index contributed by atoms with van der Waals surface area (Å²) in [6.45, 7) is -0.351. The highest BCUT2D eigenvalue weighted by Crippen LogP contribution is 2.26. The van der Waals surface area contributed by atoms with Gasteiger partial charge in [-0.1, -0.05) is 18.2 Å². The lowest BCUT2D eigenvalue weighted by Gasteiger charge is -2.18. The first-order valence-electron chi connectivity index (χ1n) is 8.82. The number of nitrogens with zero attached hydrogens (tertiary/aromatic N) is 2. The number of sulfonamides is 1. The number of para-hydroxylation sites is 2. The quantitative estimate of drug-likeness (QED) is 0.369. The first-order chi connectivity index (χ1) is 14.8. The van der Waals surface area contributed by atoms with Crippen LogP contribution in [0.3, 0.4) is 0 Å². The number of anilines is 2. The van der Waals surface area contributed by atoms with Crippen molar-refractivity contribution in [1.29, 1.82) is 0 Å². The monoisotopic (exact) mass is 462 g/mol. The molecule has 0 spiro atoms. The Balaban J connectivity index is 1.55. The standard InChI is InChI=1S/C19H18N4O6S2/c1-22(31(27,28)19-7-4-12-30-19)14-8-10-15(11-9-14)29-13-18(24)21-20-16-5-2-3-6-17(16)23(25)26/h2-12,20H,13H2,1H3,(H,21,24). The van der Waals surface area contributed by atoms with Crippen molar-refractivity contribution < 1.29 is 22.9 Å². The van der Waals surface area contributed by atoms with Crippen LogP contribution in [0.1, 0.15) is 0 Å². The van der Waals surface area contributed by atoms with Crippen molar-refractivity contribution >= 4 is 44.3 Å². The molecule has 0 aliphatic heterocycles. The molecule has 12 heteroatoms. The molecule has 31 heavy (non-hydrogen) atoms. The number of hydrazine groups is 1. The van der Waals surface area contributed by atoms with Crippen LogP contribution in [0.25, 0.3) is 0 Å². The molecule has 162 valence electrons. The summed E-state index contributed by atoms with van der Waals surface area (Å²) in [7, 11) is -2.19. The number of nitrogens with one attached hydrogen (secondary N) is 2. The zero-order chi connectivity index (χ0) is 22.4. The number of thiophene rings is 1. The molecule has 2 N–H and O–H groups in total. The second kappa shape index (κ2) is 9.45. The van der Waals surface area contributed by atoms with Crippen LogP contribution < -0.4 is 19.9 Å². The largest absolute Gasteiger partial charge is 0.484 e. The van der Waals surface area contributed by atoms with E-state index in [1.165, 1.54) is 31.3 Å². The first-order valence-corrected chi connectivity index (χ1v) is 11.1. The van der Waals surface area contributed by atoms with Crippen molar-refractivity contribution in [3.63, 3.8) is 0 Å². The minimum atomic E-state index is -3.64. The zero-order valence-corrected chi connectivity index (χ0v) is 17.9. The van der Waals surface area contributed by atoms with Crippen LogP contribution in [-0.4, -0.2) is 32.9 Å². The fraction of sp³-hybridized carbons (Fsp3) is 0.105. The smallest absolute Gasteiger partial charge is 0.294 e. The van der Waals surface area contributed by atoms with Gasteiger partial charge in [-0.3, -0.25) is 30.1 Å². The van der Waals surface area contributed by atoms with E-state index in [-0.39, 0.29) is 22.2 Å². The van der Waals surface area contributed by atoms with E-state index < -0.39 is 20.9 Å². The Morgan fingerprint density at radius 3 is 2.48 bits per heavy atom. The lowest BCUT2D eigenvalue weighted by molar-refractivity contribution is -0.384. The zero-order valence-electron chi connectivity index (χ0n) is 16.2. The second-order valence-corrected chi connectivity index (χ2v) is 9.28. The predicted molar refractivity (Wildman–Crippen MR) is 117 cm³/mol. The molecule has 0 saturated heterocycles. The average Bonchev–Trinajstić information content (AvgIpc) is 3.32. The predicted octanol–water partition coefficient (Wildman–Crippen LogP) is 3.00. The molecule has 0 radical (unpaired) electrons. The van der Waals surface area contributed by atoms with Crippen LogP contribution >= 0.6 is 11.3 Å². The van der Waals surface area contributed by atoms with Crippen LogP contribution in [0.15, 0.2) is 70.3 Å². The maximum absolute atomic E-state index is 12.6. The molecule has 3 rings (SSSR count). The van der Waals surface area contributed by atoms with Crippen LogP contribution in [0.4, 0.5) is 17.1 Å². The van der Waals surface area contributed by atoms with Gasteiger partial charge in [-0.25, -0.2) is 8.42 Å². The molecular formula is C19H18N4O6S2. The highest BCUT2D eigenvalue weighted by molar-refractivity contribution is 7.94. The molecule has 0 bridgehead atoms. The molecule has 1 aromatic heterocycles. The van der Waals surface area contributed by atoms with Crippen molar-refractivity contribution in [2.24, 2.45) is 0 Å². The van der Waals surface area contributed by atoms with Gasteiger partial charge < -0.3 is 4.74 Å². The van der Waals surface area contributed by atoms with Crippen LogP contribution in [0, 0.1) is 10.1 Å². The Morgan fingerprint density at radius 1 is 1.13 bits per heavy atom. The molecular weight excluding hydrogens is 444 g/mol. The highest BCUT2D eigenvalue weighted by atomic mass is 32.2. The van der Waals surface area contributed by atoms with Gasteiger partial charge in [0.1, 0.15) is 15.6 Å². The molecule has 0 fully saturated rings. The molecule has 3 aromatic rings. The van der Waals surface area contributed by atoms with Gasteiger partial charge in [-0.2, -0.15) is 0 Å². The summed E-state index contributed by atoms with van der Waals surface area (Å²) in [4.78, 5) is 22.4. The number of nitro groups is 1. The number of rotatable bonds is 9. The summed E-state index contributed by atoms with van der Waals surface area (Å²) in [5, 5.41) is 12.7. The van der Waals surface area contributed by atoms with E-state index in [9.17, 15) is 23.3 Å². The number of nitro benzene ring substituents is 1. The Morgan fingerprint density at radius 2 is 1.84 bits per heavy atom. The lowest BCUT2D eigenvalue weighted by atomic mass is 10.3. The normalized spacial score (nSPS) is 10.9. The molecule has 1 heterocycles. The molecule has 0 aliphatic rings. The Hall–Kier alpha value is -3.64. The van der Waals surface area contributed by atoms with Gasteiger partial charge in [0.15, 0.2) is 6.61 Å². The van der Waals surface area contributed by atoms with Crippen molar-refractivity contribution in [2.45, 2.75) is 4.21 Å². The van der Waals surface area contributed by atoms with E-state index in [1.807, 2.05) is 0 Å². The molecule has 0 unspecified atom stereocenters. The summed E-state index contributed by atoms with van der Waals surface area (Å²) in [5.74, 6) is -0.203. The van der Waals surface area contributed by atoms with E-state index >= 15 is 0 Å². The van der Waals surface area contributed by atoms with Gasteiger partial charge in [0, 0.05) is 13.1 Å². The first kappa shape index (κ1) is 22.1. The van der Waals surface area contributed by atoms with Crippen molar-refractivity contribution in [3.05, 3.63) is 76.2 Å². The number of hydrogen-bond acceptors (Lipinski definition) is 8. The van der Waals surface area contributed by atoms with E-state index in [0.29, 0.717) is 11.4 Å². The van der Waals surface area contributed by atoms with Gasteiger partial charge in [0.25, 0.3) is 21.6 Å². The van der Waals surface area contributed by atoms with Crippen molar-refractivity contribution in [1.82, 2.24) is 5.43 Å². The Labute approximate surface area is 182 Å². The number of benzene rings is 2. The van der Waals surface area contributed by atoms with Gasteiger partial charge in [-0.05, 0) is 41.8 Å². The number of carbonyl (C=O) groups is 1. The third-order valence-corrected chi connectivity index (χ3v) is 7.28. The fourth-order valence-corrected chi connectivity index (χ4v) is 4.85. The highest BCUT2D eigenvalue weighted by Gasteiger charge is 2.22. The van der Waals surface area contributed by atoms with Crippen molar-refractivity contribution in [2.75, 3.05) is 23.4 Å². The van der Waals surface area contributed by atoms with Gasteiger partial charge in [0.05, 0.1) is 10.6 Å². The van der Waals surface area contributed by atoms with E-state index in [0.717, 1.165) is 15.6 Å². The minimum Gasteiger partial charge on any atom is -0.484 e. The van der Waals surface area contributed by atoms with E-state index in [4.69, 9.17) is 4.74 Å². The van der Waals surface area contributed by atoms with Crippen molar-refractivity contribution in [3.8, 4) is 5.75 Å². The molecule has 1 amide bonds. The van der Waals surface area contributed by atoms with Gasteiger partial charge in [-0.15, -0.1) is 11.3 Å². The molecule has 2 aromatic carbocycles. The molecule has 10 nitrogen and oxygen atoms in total. The van der Waals surface area contributed by atoms with Gasteiger partial charge >= 0.3 is 0 Å². The average molecular weight is 463 g/mol. The maximum Gasteiger partial charge on any atom is 0.294 e. The number of amides is 1. The fourth-order valence-electron chi connectivity index (χ4n) is 2.50. The van der Waals surface area contributed by atoms with Crippen LogP contribution in [-0.2, 0) is 14.8 Å². The minimum absolute atomic E-state index is 0.139. The van der Waals surface area contributed by atoms with Crippen LogP contribution in [0.2, 0.25) is 0 Å². The molecule has 0 saturated carbocycles. The summed E-state index contributed by atoms with van der Waals surface area (Å²) >= 11 is 1.13. The third kappa shape index (κ3) is 5.29. The van der Waals surface area contributed by atoms with Gasteiger partial charge in [0.2, 0.25) is 0 Å². The summed E-state index contributed by atoms with van der Waals surface area (Å²) in [6.07, 6.45) is 0. The number of ether oxygens (including phenoxy) is 1. The summed E-state index contributed by atoms with van der Waals surface area (Å²) in [5.41, 5.74) is 5.21. The molecule has 0 aliphatic carbocycles. The lowest BCUT2D eigenvalue weighted by Crippen LogP contribution is -2.33. The molecule has 0 atom stereocenters. The third-order valence-electron chi connectivity index (χ3n) is 4.12. The second-order valence-electron chi connectivity index (χ2n) is 6.13. The number of hydrogen-bond donors (Lipinski definition) is 2. The Bertz CT molecular complexity index is 1160. The Kier molecular flexibility index (Phi) is 6.72.